The number of fused-ring (bicyclic) bond motifs is 5. The fourth-order valence-electron chi connectivity index (χ4n) is 6.19. The van der Waals surface area contributed by atoms with Gasteiger partial charge in [-0.1, -0.05) is 55.5 Å². The molecule has 4 fully saturated rings. The maximum absolute atomic E-state index is 13.5. The first-order valence-corrected chi connectivity index (χ1v) is 10.3. The molecule has 5 rings (SSSR count). The minimum absolute atomic E-state index is 0.177. The summed E-state index contributed by atoms with van der Waals surface area (Å²) in [5.74, 6) is 1.44. The van der Waals surface area contributed by atoms with Crippen molar-refractivity contribution in [2.24, 2.45) is 17.8 Å². The van der Waals surface area contributed by atoms with Gasteiger partial charge in [-0.25, -0.2) is 0 Å². The molecule has 3 heteroatoms. The van der Waals surface area contributed by atoms with E-state index in [0.29, 0.717) is 23.8 Å². The van der Waals surface area contributed by atoms with Crippen LogP contribution in [0.2, 0.25) is 0 Å². The van der Waals surface area contributed by atoms with Gasteiger partial charge in [0.05, 0.1) is 6.61 Å². The highest BCUT2D eigenvalue weighted by molar-refractivity contribution is 5.84. The Labute approximate surface area is 150 Å². The third-order valence-electron chi connectivity index (χ3n) is 7.36. The number of carbonyl (C=O) groups is 1. The van der Waals surface area contributed by atoms with E-state index in [9.17, 15) is 4.79 Å². The van der Waals surface area contributed by atoms with E-state index in [1.807, 2.05) is 0 Å². The van der Waals surface area contributed by atoms with Gasteiger partial charge in [-0.3, -0.25) is 4.79 Å². The molecular weight excluding hydrogens is 310 g/mol. The van der Waals surface area contributed by atoms with Gasteiger partial charge in [-0.15, -0.1) is 0 Å². The first kappa shape index (κ1) is 15.9. The van der Waals surface area contributed by atoms with Gasteiger partial charge in [0.25, 0.3) is 0 Å². The molecule has 1 aromatic rings. The van der Waals surface area contributed by atoms with Gasteiger partial charge in [0.2, 0.25) is 5.91 Å². The Morgan fingerprint density at radius 2 is 1.72 bits per heavy atom. The number of amides is 1. The van der Waals surface area contributed by atoms with Gasteiger partial charge in [-0.2, -0.15) is 0 Å². The molecule has 2 heterocycles. The van der Waals surface area contributed by atoms with Crippen molar-refractivity contribution in [2.75, 3.05) is 6.61 Å². The molecule has 0 spiro atoms. The first-order valence-electron chi connectivity index (χ1n) is 10.3. The molecule has 4 aliphatic rings. The van der Waals surface area contributed by atoms with Crippen molar-refractivity contribution >= 4 is 5.91 Å². The van der Waals surface area contributed by atoms with Crippen molar-refractivity contribution in [1.82, 2.24) is 4.90 Å². The Balaban J connectivity index is 1.65. The zero-order valence-corrected chi connectivity index (χ0v) is 15.2. The zero-order chi connectivity index (χ0) is 17.0. The zero-order valence-electron chi connectivity index (χ0n) is 15.2. The maximum atomic E-state index is 13.5. The molecule has 2 saturated carbocycles. The topological polar surface area (TPSA) is 29.5 Å². The van der Waals surface area contributed by atoms with E-state index in [-0.39, 0.29) is 5.92 Å². The van der Waals surface area contributed by atoms with Crippen LogP contribution in [-0.4, -0.2) is 23.5 Å². The average molecular weight is 339 g/mol. The summed E-state index contributed by atoms with van der Waals surface area (Å²) < 4.78 is 6.73. The number of benzene rings is 1. The number of hydrogen-bond donors (Lipinski definition) is 0. The van der Waals surface area contributed by atoms with Crippen LogP contribution in [0.5, 0.6) is 0 Å². The molecular formula is C22H29NO2. The second-order valence-electron chi connectivity index (χ2n) is 8.69. The van der Waals surface area contributed by atoms with Gasteiger partial charge >= 0.3 is 0 Å². The van der Waals surface area contributed by atoms with E-state index in [0.717, 1.165) is 25.9 Å². The number of hydrogen-bond acceptors (Lipinski definition) is 2. The largest absolute Gasteiger partial charge is 0.350 e. The lowest BCUT2D eigenvalue weighted by Gasteiger charge is -2.54. The normalized spacial score (nSPS) is 40.4. The summed E-state index contributed by atoms with van der Waals surface area (Å²) >= 11 is 0. The molecule has 0 unspecified atom stereocenters. The molecule has 25 heavy (non-hydrogen) atoms. The van der Waals surface area contributed by atoms with Crippen LogP contribution in [0.1, 0.15) is 62.5 Å². The van der Waals surface area contributed by atoms with E-state index in [2.05, 4.69) is 36.1 Å². The van der Waals surface area contributed by atoms with Crippen LogP contribution >= 0.6 is 0 Å². The van der Waals surface area contributed by atoms with Crippen LogP contribution in [0, 0.1) is 24.7 Å². The van der Waals surface area contributed by atoms with Gasteiger partial charge in [-0.05, 0) is 32.6 Å². The van der Waals surface area contributed by atoms with Gasteiger partial charge in [0.15, 0.2) is 5.72 Å². The molecule has 0 radical (unpaired) electrons. The second kappa shape index (κ2) is 5.84. The number of ether oxygens (including phenoxy) is 1. The van der Waals surface area contributed by atoms with Crippen molar-refractivity contribution in [1.29, 1.82) is 0 Å². The highest BCUT2D eigenvalue weighted by atomic mass is 16.5. The third kappa shape index (κ3) is 2.17. The van der Waals surface area contributed by atoms with Crippen LogP contribution in [0.25, 0.3) is 0 Å². The number of aryl methyl sites for hydroxylation is 1. The summed E-state index contributed by atoms with van der Waals surface area (Å²) in [4.78, 5) is 15.8. The van der Waals surface area contributed by atoms with Crippen LogP contribution in [0.4, 0.5) is 0 Å². The molecule has 2 saturated heterocycles. The Kier molecular flexibility index (Phi) is 3.70. The van der Waals surface area contributed by atoms with Crippen molar-refractivity contribution < 1.29 is 9.53 Å². The summed E-state index contributed by atoms with van der Waals surface area (Å²) in [6.07, 6.45) is 9.51. The summed E-state index contributed by atoms with van der Waals surface area (Å²) in [6.45, 7) is 2.95. The molecule has 1 amide bonds. The molecule has 134 valence electrons. The van der Waals surface area contributed by atoms with Crippen molar-refractivity contribution in [2.45, 2.75) is 70.1 Å². The van der Waals surface area contributed by atoms with E-state index >= 15 is 0 Å². The van der Waals surface area contributed by atoms with Crippen LogP contribution in [0.3, 0.4) is 0 Å². The smallest absolute Gasteiger partial charge is 0.228 e. The Morgan fingerprint density at radius 3 is 2.56 bits per heavy atom. The predicted octanol–water partition coefficient (Wildman–Crippen LogP) is 4.39. The Morgan fingerprint density at radius 1 is 1.00 bits per heavy atom. The lowest BCUT2D eigenvalue weighted by molar-refractivity contribution is -0.241. The second-order valence-corrected chi connectivity index (χ2v) is 8.69. The molecule has 0 N–H and O–H groups in total. The molecule has 2 aliphatic carbocycles. The highest BCUT2D eigenvalue weighted by Gasteiger charge is 2.64. The fraction of sp³-hybridized carbons (Fsp3) is 0.682. The summed E-state index contributed by atoms with van der Waals surface area (Å²) in [7, 11) is 0. The van der Waals surface area contributed by atoms with Crippen molar-refractivity contribution in [3.8, 4) is 0 Å². The van der Waals surface area contributed by atoms with Gasteiger partial charge < -0.3 is 9.64 Å². The lowest BCUT2D eigenvalue weighted by Crippen LogP contribution is -2.61. The van der Waals surface area contributed by atoms with E-state index in [4.69, 9.17) is 4.74 Å². The van der Waals surface area contributed by atoms with Crippen LogP contribution in [0.15, 0.2) is 24.3 Å². The number of nitrogens with zero attached hydrogens (tertiary/aromatic N) is 1. The van der Waals surface area contributed by atoms with Gasteiger partial charge in [0.1, 0.15) is 0 Å². The highest BCUT2D eigenvalue weighted by Crippen LogP contribution is 2.58. The number of rotatable bonds is 1. The standard InChI is InChI=1S/C22H29NO2/c1-15-10-12-17(13-11-15)22-19-8-4-3-7-18(19)21(24)23(22)20-9-5-2-6-16(20)14-25-22/h10-13,16,18-20H,2-9,14H2,1H3/t16-,18+,19+,20+,22-/m0/s1. The minimum atomic E-state index is -0.492. The minimum Gasteiger partial charge on any atom is -0.350 e. The SMILES string of the molecule is Cc1ccc([C@@]23OC[C@@H]4CCCC[C@H]4N2C(=O)[C@@H]2CCCC[C@H]23)cc1. The van der Waals surface area contributed by atoms with Crippen LogP contribution in [-0.2, 0) is 15.3 Å². The first-order chi connectivity index (χ1) is 12.2. The van der Waals surface area contributed by atoms with Gasteiger partial charge in [0, 0.05) is 29.4 Å². The van der Waals surface area contributed by atoms with Crippen molar-refractivity contribution in [3.63, 3.8) is 0 Å². The van der Waals surface area contributed by atoms with Crippen molar-refractivity contribution in [3.05, 3.63) is 35.4 Å². The van der Waals surface area contributed by atoms with E-state index in [1.165, 1.54) is 43.2 Å². The molecule has 1 aromatic carbocycles. The molecule has 2 aliphatic heterocycles. The summed E-state index contributed by atoms with van der Waals surface area (Å²) in [5, 5.41) is 0. The Bertz CT molecular complexity index is 669. The molecule has 5 atom stereocenters. The van der Waals surface area contributed by atoms with Crippen LogP contribution < -0.4 is 0 Å². The summed E-state index contributed by atoms with van der Waals surface area (Å²) in [5.41, 5.74) is 1.99. The number of carbonyl (C=O) groups excluding carboxylic acids is 1. The summed E-state index contributed by atoms with van der Waals surface area (Å²) in [6, 6.07) is 9.19. The third-order valence-corrected chi connectivity index (χ3v) is 7.36. The lowest BCUT2D eigenvalue weighted by atomic mass is 9.73. The monoisotopic (exact) mass is 339 g/mol. The molecule has 0 bridgehead atoms. The fourth-order valence-corrected chi connectivity index (χ4v) is 6.19. The average Bonchev–Trinajstić information content (AvgIpc) is 2.93. The molecule has 3 nitrogen and oxygen atoms in total. The predicted molar refractivity (Wildman–Crippen MR) is 96.8 cm³/mol. The maximum Gasteiger partial charge on any atom is 0.228 e. The van der Waals surface area contributed by atoms with E-state index < -0.39 is 5.72 Å². The van der Waals surface area contributed by atoms with E-state index in [1.54, 1.807) is 0 Å². The Hall–Kier alpha value is -1.35. The quantitative estimate of drug-likeness (QED) is 0.759. The molecule has 0 aromatic heterocycles.